The van der Waals surface area contributed by atoms with Gasteiger partial charge in [0.05, 0.1) is 19.8 Å². The molecule has 1 heterocycles. The number of rotatable bonds is 15. The Morgan fingerprint density at radius 1 is 0.811 bits per heavy atom. The molecule has 1 fully saturated rings. The molecule has 5 atom stereocenters. The van der Waals surface area contributed by atoms with Crippen molar-refractivity contribution in [2.75, 3.05) is 33.0 Å². The van der Waals surface area contributed by atoms with Crippen molar-refractivity contribution >= 4 is 29.8 Å². The third kappa shape index (κ3) is 12.2. The van der Waals surface area contributed by atoms with Gasteiger partial charge in [0.1, 0.15) is 12.7 Å². The molecule has 0 unspecified atom stereocenters. The molecule has 13 nitrogen and oxygen atoms in total. The third-order valence-corrected chi connectivity index (χ3v) is 4.86. The van der Waals surface area contributed by atoms with Gasteiger partial charge in [-0.3, -0.25) is 24.0 Å². The third-order valence-electron chi connectivity index (χ3n) is 4.86. The highest BCUT2D eigenvalue weighted by molar-refractivity contribution is 5.92. The van der Waals surface area contributed by atoms with Crippen LogP contribution in [-0.2, 0) is 57.1 Å². The summed E-state index contributed by atoms with van der Waals surface area (Å²) in [4.78, 5) is 58.5. The van der Waals surface area contributed by atoms with E-state index in [-0.39, 0.29) is 38.9 Å². The van der Waals surface area contributed by atoms with Gasteiger partial charge >= 0.3 is 23.9 Å². The van der Waals surface area contributed by atoms with E-state index in [0.29, 0.717) is 12.0 Å². The minimum Gasteiger partial charge on any atom is -0.463 e. The monoisotopic (exact) mass is 531 g/mol. The second-order valence-corrected chi connectivity index (χ2v) is 8.16. The molecule has 1 amide bonds. The van der Waals surface area contributed by atoms with Crippen LogP contribution in [0.3, 0.4) is 0 Å². The maximum Gasteiger partial charge on any atom is 0.303 e. The van der Waals surface area contributed by atoms with E-state index >= 15 is 0 Å². The first kappa shape index (κ1) is 32.0. The second kappa shape index (κ2) is 16.7. The number of carbonyl (C=O) groups is 5. The number of hydrogen-bond acceptors (Lipinski definition) is 12. The van der Waals surface area contributed by atoms with Crippen molar-refractivity contribution in [2.45, 2.75) is 78.2 Å². The zero-order valence-corrected chi connectivity index (χ0v) is 21.9. The molecule has 0 aromatic rings. The molecule has 0 spiro atoms. The number of ether oxygens (including phenoxy) is 7. The zero-order valence-electron chi connectivity index (χ0n) is 21.9. The fraction of sp³-hybridized carbons (Fsp3) is 0.708. The summed E-state index contributed by atoms with van der Waals surface area (Å²) in [5.41, 5.74) is 0.495. The van der Waals surface area contributed by atoms with E-state index in [1.165, 1.54) is 6.92 Å². The summed E-state index contributed by atoms with van der Waals surface area (Å²) in [7, 11) is 0. The van der Waals surface area contributed by atoms with Crippen LogP contribution in [0, 0.1) is 0 Å². The number of carbonyl (C=O) groups excluding carboxylic acids is 5. The Bertz CT molecular complexity index is 814. The van der Waals surface area contributed by atoms with Crippen molar-refractivity contribution in [1.82, 2.24) is 5.32 Å². The molecule has 0 saturated carbocycles. The van der Waals surface area contributed by atoms with E-state index in [4.69, 9.17) is 33.2 Å². The first-order valence-corrected chi connectivity index (χ1v) is 11.9. The number of amides is 1. The van der Waals surface area contributed by atoms with E-state index in [0.717, 1.165) is 27.2 Å². The van der Waals surface area contributed by atoms with Gasteiger partial charge in [0.25, 0.3) is 0 Å². The second-order valence-electron chi connectivity index (χ2n) is 8.16. The van der Waals surface area contributed by atoms with Crippen molar-refractivity contribution in [2.24, 2.45) is 0 Å². The van der Waals surface area contributed by atoms with Gasteiger partial charge in [0.15, 0.2) is 24.6 Å². The molecule has 0 aromatic carbocycles. The normalized spacial score (nSPS) is 22.9. The molecule has 1 N–H and O–H groups in total. The Balaban J connectivity index is 2.84. The minimum atomic E-state index is -1.31. The Morgan fingerprint density at radius 2 is 1.41 bits per heavy atom. The lowest BCUT2D eigenvalue weighted by Gasteiger charge is -2.44. The molecule has 37 heavy (non-hydrogen) atoms. The fourth-order valence-corrected chi connectivity index (χ4v) is 3.43. The molecule has 1 aliphatic heterocycles. The minimum absolute atomic E-state index is 0.0375. The van der Waals surface area contributed by atoms with Crippen molar-refractivity contribution in [3.8, 4) is 0 Å². The zero-order chi connectivity index (χ0) is 28.0. The summed E-state index contributed by atoms with van der Waals surface area (Å²) in [6, 6.07) is 0. The highest BCUT2D eigenvalue weighted by Gasteiger charge is 2.52. The predicted molar refractivity (Wildman–Crippen MR) is 126 cm³/mol. The Hall–Kier alpha value is -3.03. The summed E-state index contributed by atoms with van der Waals surface area (Å²) < 4.78 is 37.9. The molecular formula is C24H37NO12. The summed E-state index contributed by atoms with van der Waals surface area (Å²) in [6.07, 6.45) is -4.81. The molecule has 210 valence electrons. The number of esters is 4. The van der Waals surface area contributed by atoms with Crippen LogP contribution in [0.25, 0.3) is 0 Å². The molecule has 0 aromatic heterocycles. The van der Waals surface area contributed by atoms with Gasteiger partial charge in [-0.15, -0.1) is 0 Å². The predicted octanol–water partition coefficient (Wildman–Crippen LogP) is 0.575. The molecule has 1 rings (SSSR count). The highest BCUT2D eigenvalue weighted by atomic mass is 16.7. The summed E-state index contributed by atoms with van der Waals surface area (Å²) in [5.74, 6) is -3.04. The average Bonchev–Trinajstić information content (AvgIpc) is 2.79. The van der Waals surface area contributed by atoms with Crippen molar-refractivity contribution in [1.29, 1.82) is 0 Å². The van der Waals surface area contributed by atoms with E-state index in [1.807, 2.05) is 6.92 Å². The molecule has 0 aliphatic carbocycles. The summed E-state index contributed by atoms with van der Waals surface area (Å²) >= 11 is 0. The van der Waals surface area contributed by atoms with E-state index < -0.39 is 54.6 Å². The maximum atomic E-state index is 11.8. The SMILES string of the molecule is C=C(CCC)C(=O)NCCOCCO[C@H]1O[C@H](COC(C)=O)[C@@H](OC(C)=O)[C@H](OC(C)=O)[C@@H]1OC(C)=O. The van der Waals surface area contributed by atoms with Gasteiger partial charge in [-0.1, -0.05) is 19.9 Å². The topological polar surface area (TPSA) is 162 Å². The molecule has 1 saturated heterocycles. The van der Waals surface area contributed by atoms with Crippen LogP contribution in [0.5, 0.6) is 0 Å². The van der Waals surface area contributed by atoms with Crippen molar-refractivity contribution in [3.05, 3.63) is 12.2 Å². The lowest BCUT2D eigenvalue weighted by Crippen LogP contribution is -2.63. The smallest absolute Gasteiger partial charge is 0.303 e. The quantitative estimate of drug-likeness (QED) is 0.136. The Kier molecular flexibility index (Phi) is 14.4. The van der Waals surface area contributed by atoms with Gasteiger partial charge in [-0.2, -0.15) is 0 Å². The van der Waals surface area contributed by atoms with E-state index in [1.54, 1.807) is 0 Å². The van der Waals surface area contributed by atoms with Gasteiger partial charge in [0, 0.05) is 39.8 Å². The summed E-state index contributed by atoms with van der Waals surface area (Å²) in [6.45, 7) is 10.4. The number of hydrogen-bond donors (Lipinski definition) is 1. The molecule has 0 bridgehead atoms. The summed E-state index contributed by atoms with van der Waals surface area (Å²) in [5, 5.41) is 2.69. The molecule has 1 aliphatic rings. The van der Waals surface area contributed by atoms with Crippen LogP contribution in [-0.4, -0.2) is 93.5 Å². The van der Waals surface area contributed by atoms with Gasteiger partial charge in [0.2, 0.25) is 5.91 Å². The highest BCUT2D eigenvalue weighted by Crippen LogP contribution is 2.29. The fourth-order valence-electron chi connectivity index (χ4n) is 3.43. The van der Waals surface area contributed by atoms with Gasteiger partial charge < -0.3 is 38.5 Å². The van der Waals surface area contributed by atoms with Gasteiger partial charge in [-0.25, -0.2) is 0 Å². The standard InChI is InChI=1S/C24H37NO12/c1-7-8-14(2)23(30)25-9-10-31-11-12-32-24-22(36-18(6)29)21(35-17(5)28)20(34-16(4)27)19(37-24)13-33-15(3)26/h19-22,24H,2,7-13H2,1,3-6H3,(H,25,30)/t19-,20-,21+,22+,24+/m1/s1. The number of nitrogens with one attached hydrogen (secondary N) is 1. The maximum absolute atomic E-state index is 11.8. The first-order valence-electron chi connectivity index (χ1n) is 11.9. The van der Waals surface area contributed by atoms with Crippen LogP contribution in [0.15, 0.2) is 12.2 Å². The average molecular weight is 532 g/mol. The molecule has 13 heteroatoms. The Morgan fingerprint density at radius 3 is 1.97 bits per heavy atom. The van der Waals surface area contributed by atoms with Crippen LogP contribution >= 0.6 is 0 Å². The first-order chi connectivity index (χ1) is 17.5. The van der Waals surface area contributed by atoms with Crippen molar-refractivity contribution in [3.63, 3.8) is 0 Å². The largest absolute Gasteiger partial charge is 0.463 e. The lowest BCUT2D eigenvalue weighted by molar-refractivity contribution is -0.309. The molecular weight excluding hydrogens is 494 g/mol. The Labute approximate surface area is 216 Å². The van der Waals surface area contributed by atoms with Crippen molar-refractivity contribution < 1.29 is 57.1 Å². The van der Waals surface area contributed by atoms with E-state index in [2.05, 4.69) is 11.9 Å². The van der Waals surface area contributed by atoms with Crippen LogP contribution in [0.2, 0.25) is 0 Å². The lowest BCUT2D eigenvalue weighted by atomic mass is 9.98. The van der Waals surface area contributed by atoms with E-state index in [9.17, 15) is 24.0 Å². The van der Waals surface area contributed by atoms with Crippen LogP contribution < -0.4 is 5.32 Å². The van der Waals surface area contributed by atoms with Crippen LogP contribution in [0.1, 0.15) is 47.5 Å². The molecule has 0 radical (unpaired) electrons. The van der Waals surface area contributed by atoms with Crippen LogP contribution in [0.4, 0.5) is 0 Å². The van der Waals surface area contributed by atoms with Gasteiger partial charge in [-0.05, 0) is 6.42 Å².